The van der Waals surface area contributed by atoms with Crippen molar-refractivity contribution < 1.29 is 0 Å². The number of nitrogens with one attached hydrogen (secondary N) is 1. The molecule has 0 aliphatic rings. The summed E-state index contributed by atoms with van der Waals surface area (Å²) in [6.07, 6.45) is 1.30. The lowest BCUT2D eigenvalue weighted by molar-refractivity contribution is 0.305. The summed E-state index contributed by atoms with van der Waals surface area (Å²) in [7, 11) is 2.07. The molecule has 0 rings (SSSR count). The molecular weight excluding hydrogens is 190 g/mol. The molecule has 0 aromatic rings. The molecule has 2 atom stereocenters. The molecule has 0 aromatic carbocycles. The van der Waals surface area contributed by atoms with Gasteiger partial charge < -0.3 is 5.32 Å². The standard InChI is InChI=1S/C12H27NS/c1-7-10(2)8-14-9-11(13-6)12(3,4)5/h10-11,13H,7-9H2,1-6H3. The lowest BCUT2D eigenvalue weighted by atomic mass is 9.88. The Morgan fingerprint density at radius 3 is 2.14 bits per heavy atom. The highest BCUT2D eigenvalue weighted by molar-refractivity contribution is 7.99. The van der Waals surface area contributed by atoms with Crippen LogP contribution in [0.5, 0.6) is 0 Å². The summed E-state index contributed by atoms with van der Waals surface area (Å²) in [5.41, 5.74) is 0.372. The highest BCUT2D eigenvalue weighted by atomic mass is 32.2. The average molecular weight is 217 g/mol. The molecule has 2 heteroatoms. The Morgan fingerprint density at radius 1 is 1.21 bits per heavy atom. The summed E-state index contributed by atoms with van der Waals surface area (Å²) < 4.78 is 0. The Balaban J connectivity index is 3.74. The number of rotatable bonds is 6. The first-order chi connectivity index (χ1) is 6.41. The van der Waals surface area contributed by atoms with Crippen molar-refractivity contribution in [2.45, 2.75) is 47.1 Å². The molecule has 0 heterocycles. The zero-order chi connectivity index (χ0) is 11.2. The SMILES string of the molecule is CCC(C)CSCC(NC)C(C)(C)C. The van der Waals surface area contributed by atoms with Gasteiger partial charge in [-0.1, -0.05) is 41.0 Å². The van der Waals surface area contributed by atoms with E-state index in [0.29, 0.717) is 11.5 Å². The maximum Gasteiger partial charge on any atom is 0.0203 e. The van der Waals surface area contributed by atoms with Crippen LogP contribution in [0.4, 0.5) is 0 Å². The van der Waals surface area contributed by atoms with E-state index in [2.05, 4.69) is 58.7 Å². The number of thioether (sulfide) groups is 1. The van der Waals surface area contributed by atoms with Crippen LogP contribution in [0.3, 0.4) is 0 Å². The van der Waals surface area contributed by atoms with Crippen LogP contribution in [0.15, 0.2) is 0 Å². The maximum absolute atomic E-state index is 3.41. The van der Waals surface area contributed by atoms with E-state index in [1.165, 1.54) is 17.9 Å². The highest BCUT2D eigenvalue weighted by Gasteiger charge is 2.22. The van der Waals surface area contributed by atoms with Crippen molar-refractivity contribution in [3.8, 4) is 0 Å². The van der Waals surface area contributed by atoms with E-state index in [4.69, 9.17) is 0 Å². The minimum Gasteiger partial charge on any atom is -0.316 e. The second-order valence-electron chi connectivity index (χ2n) is 5.26. The molecular formula is C12H27NS. The zero-order valence-electron chi connectivity index (χ0n) is 10.7. The van der Waals surface area contributed by atoms with Gasteiger partial charge in [0.05, 0.1) is 0 Å². The fourth-order valence-electron chi connectivity index (χ4n) is 1.27. The summed E-state index contributed by atoms with van der Waals surface area (Å²) in [6.45, 7) is 11.5. The molecule has 86 valence electrons. The Bertz CT molecular complexity index is 140. The second kappa shape index (κ2) is 6.73. The van der Waals surface area contributed by atoms with E-state index in [1.807, 2.05) is 0 Å². The van der Waals surface area contributed by atoms with Gasteiger partial charge in [-0.15, -0.1) is 0 Å². The van der Waals surface area contributed by atoms with E-state index in [0.717, 1.165) is 5.92 Å². The third-order valence-corrected chi connectivity index (χ3v) is 4.15. The fraction of sp³-hybridized carbons (Fsp3) is 1.00. The fourth-order valence-corrected chi connectivity index (χ4v) is 2.95. The molecule has 2 unspecified atom stereocenters. The molecule has 0 amide bonds. The zero-order valence-corrected chi connectivity index (χ0v) is 11.5. The minimum absolute atomic E-state index is 0.372. The summed E-state index contributed by atoms with van der Waals surface area (Å²) in [5.74, 6) is 3.38. The minimum atomic E-state index is 0.372. The van der Waals surface area contributed by atoms with Gasteiger partial charge in [-0.05, 0) is 24.1 Å². The van der Waals surface area contributed by atoms with Gasteiger partial charge in [0.1, 0.15) is 0 Å². The Kier molecular flexibility index (Phi) is 6.88. The number of hydrogen-bond donors (Lipinski definition) is 1. The third-order valence-electron chi connectivity index (χ3n) is 2.78. The summed E-state index contributed by atoms with van der Waals surface area (Å²) in [4.78, 5) is 0. The van der Waals surface area contributed by atoms with E-state index >= 15 is 0 Å². The second-order valence-corrected chi connectivity index (χ2v) is 6.33. The van der Waals surface area contributed by atoms with Crippen molar-refractivity contribution in [2.24, 2.45) is 11.3 Å². The third kappa shape index (κ3) is 5.92. The highest BCUT2D eigenvalue weighted by Crippen LogP contribution is 2.23. The molecule has 1 N–H and O–H groups in total. The topological polar surface area (TPSA) is 12.0 Å². The molecule has 0 radical (unpaired) electrons. The van der Waals surface area contributed by atoms with Crippen molar-refractivity contribution in [3.05, 3.63) is 0 Å². The van der Waals surface area contributed by atoms with E-state index < -0.39 is 0 Å². The molecule has 0 aliphatic carbocycles. The van der Waals surface area contributed by atoms with Crippen molar-refractivity contribution in [2.75, 3.05) is 18.6 Å². The first kappa shape index (κ1) is 14.3. The first-order valence-corrected chi connectivity index (χ1v) is 6.82. The average Bonchev–Trinajstić information content (AvgIpc) is 2.09. The first-order valence-electron chi connectivity index (χ1n) is 5.66. The Morgan fingerprint density at radius 2 is 1.79 bits per heavy atom. The molecule has 0 fully saturated rings. The van der Waals surface area contributed by atoms with Crippen LogP contribution in [0.1, 0.15) is 41.0 Å². The Labute approximate surface area is 94.4 Å². The maximum atomic E-state index is 3.41. The van der Waals surface area contributed by atoms with E-state index in [-0.39, 0.29) is 0 Å². The van der Waals surface area contributed by atoms with E-state index in [9.17, 15) is 0 Å². The molecule has 0 saturated heterocycles. The molecule has 0 saturated carbocycles. The molecule has 14 heavy (non-hydrogen) atoms. The molecule has 0 aliphatic heterocycles. The summed E-state index contributed by atoms with van der Waals surface area (Å²) in [5, 5.41) is 3.41. The van der Waals surface area contributed by atoms with Gasteiger partial charge in [-0.3, -0.25) is 0 Å². The van der Waals surface area contributed by atoms with Gasteiger partial charge in [-0.2, -0.15) is 11.8 Å². The van der Waals surface area contributed by atoms with Crippen LogP contribution in [-0.4, -0.2) is 24.6 Å². The lowest BCUT2D eigenvalue weighted by Gasteiger charge is -2.30. The molecule has 0 aromatic heterocycles. The van der Waals surface area contributed by atoms with Gasteiger partial charge in [0, 0.05) is 11.8 Å². The van der Waals surface area contributed by atoms with Gasteiger partial charge >= 0.3 is 0 Å². The van der Waals surface area contributed by atoms with Crippen molar-refractivity contribution in [1.29, 1.82) is 0 Å². The number of hydrogen-bond acceptors (Lipinski definition) is 2. The van der Waals surface area contributed by atoms with Crippen LogP contribution in [-0.2, 0) is 0 Å². The van der Waals surface area contributed by atoms with Crippen LogP contribution in [0.2, 0.25) is 0 Å². The predicted octanol–water partition coefficient (Wildman–Crippen LogP) is 3.40. The van der Waals surface area contributed by atoms with Crippen molar-refractivity contribution >= 4 is 11.8 Å². The van der Waals surface area contributed by atoms with Crippen LogP contribution in [0.25, 0.3) is 0 Å². The largest absolute Gasteiger partial charge is 0.316 e. The quantitative estimate of drug-likeness (QED) is 0.732. The van der Waals surface area contributed by atoms with Gasteiger partial charge in [0.25, 0.3) is 0 Å². The van der Waals surface area contributed by atoms with Crippen LogP contribution in [0, 0.1) is 11.3 Å². The molecule has 1 nitrogen and oxygen atoms in total. The Hall–Kier alpha value is 0.310. The molecule has 0 spiro atoms. The van der Waals surface area contributed by atoms with Crippen LogP contribution < -0.4 is 5.32 Å². The van der Waals surface area contributed by atoms with E-state index in [1.54, 1.807) is 0 Å². The van der Waals surface area contributed by atoms with Gasteiger partial charge in [-0.25, -0.2) is 0 Å². The molecule has 0 bridgehead atoms. The van der Waals surface area contributed by atoms with Crippen molar-refractivity contribution in [3.63, 3.8) is 0 Å². The lowest BCUT2D eigenvalue weighted by Crippen LogP contribution is -2.40. The van der Waals surface area contributed by atoms with Crippen molar-refractivity contribution in [1.82, 2.24) is 5.32 Å². The van der Waals surface area contributed by atoms with Gasteiger partial charge in [0.2, 0.25) is 0 Å². The summed E-state index contributed by atoms with van der Waals surface area (Å²) >= 11 is 2.08. The smallest absolute Gasteiger partial charge is 0.0203 e. The van der Waals surface area contributed by atoms with Gasteiger partial charge in [0.15, 0.2) is 0 Å². The normalized spacial score (nSPS) is 16.7. The predicted molar refractivity (Wildman–Crippen MR) is 69.1 cm³/mol. The monoisotopic (exact) mass is 217 g/mol. The van der Waals surface area contributed by atoms with Crippen LogP contribution >= 0.6 is 11.8 Å². The summed E-state index contributed by atoms with van der Waals surface area (Å²) in [6, 6.07) is 0.622.